The van der Waals surface area contributed by atoms with Gasteiger partial charge < -0.3 is 20.3 Å². The van der Waals surface area contributed by atoms with Crippen molar-refractivity contribution in [3.05, 3.63) is 90.0 Å². The highest BCUT2D eigenvalue weighted by Crippen LogP contribution is 2.37. The van der Waals surface area contributed by atoms with Crippen LogP contribution in [0, 0.1) is 5.92 Å². The SMILES string of the molecule is CC(C)CC(NC(=O)C(Cc1ccc(OP(=O)(O)O)cc1)NC(=O)c1ccccc1-c1ccccc1)C(=O)O. The number of carbonyl (C=O) groups is 3. The van der Waals surface area contributed by atoms with Crippen molar-refractivity contribution in [3.8, 4) is 16.9 Å². The van der Waals surface area contributed by atoms with Crippen LogP contribution < -0.4 is 15.2 Å². The minimum atomic E-state index is -4.74. The first-order valence-corrected chi connectivity index (χ1v) is 13.8. The third-order valence-electron chi connectivity index (χ3n) is 5.79. The number of rotatable bonds is 12. The number of phosphoric ester groups is 1. The second-order valence-corrected chi connectivity index (χ2v) is 10.6. The fourth-order valence-electron chi connectivity index (χ4n) is 4.02. The summed E-state index contributed by atoms with van der Waals surface area (Å²) in [4.78, 5) is 56.5. The number of hydrogen-bond donors (Lipinski definition) is 5. The molecular weight excluding hydrogens is 523 g/mol. The molecule has 2 amide bonds. The Bertz CT molecular complexity index is 1340. The first kappa shape index (κ1) is 29.6. The number of nitrogens with one attached hydrogen (secondary N) is 2. The summed E-state index contributed by atoms with van der Waals surface area (Å²) in [5.41, 5.74) is 2.36. The van der Waals surface area contributed by atoms with E-state index in [-0.39, 0.29) is 24.5 Å². The van der Waals surface area contributed by atoms with E-state index in [1.165, 1.54) is 24.3 Å². The molecule has 0 aliphatic heterocycles. The molecule has 0 heterocycles. The first-order chi connectivity index (χ1) is 18.4. The van der Waals surface area contributed by atoms with Gasteiger partial charge in [0.2, 0.25) is 5.91 Å². The van der Waals surface area contributed by atoms with Gasteiger partial charge in [-0.25, -0.2) is 9.36 Å². The zero-order valence-electron chi connectivity index (χ0n) is 21.5. The van der Waals surface area contributed by atoms with Gasteiger partial charge in [-0.2, -0.15) is 0 Å². The van der Waals surface area contributed by atoms with Gasteiger partial charge >= 0.3 is 13.8 Å². The topological polar surface area (TPSA) is 162 Å². The van der Waals surface area contributed by atoms with Crippen LogP contribution in [0.2, 0.25) is 0 Å². The third kappa shape index (κ3) is 9.07. The summed E-state index contributed by atoms with van der Waals surface area (Å²) in [5.74, 6) is -2.46. The lowest BCUT2D eigenvalue weighted by atomic mass is 9.98. The normalized spacial score (nSPS) is 12.8. The van der Waals surface area contributed by atoms with Gasteiger partial charge in [0.25, 0.3) is 5.91 Å². The van der Waals surface area contributed by atoms with Crippen molar-refractivity contribution in [2.24, 2.45) is 5.92 Å². The summed E-state index contributed by atoms with van der Waals surface area (Å²) in [6.07, 6.45) is 0.183. The highest BCUT2D eigenvalue weighted by atomic mass is 31.2. The summed E-state index contributed by atoms with van der Waals surface area (Å²) >= 11 is 0. The van der Waals surface area contributed by atoms with Crippen LogP contribution >= 0.6 is 7.82 Å². The first-order valence-electron chi connectivity index (χ1n) is 12.3. The van der Waals surface area contributed by atoms with Crippen molar-refractivity contribution < 1.29 is 38.4 Å². The molecule has 3 rings (SSSR count). The van der Waals surface area contributed by atoms with E-state index in [0.29, 0.717) is 16.7 Å². The molecule has 0 saturated carbocycles. The fraction of sp³-hybridized carbons (Fsp3) is 0.250. The quantitative estimate of drug-likeness (QED) is 0.211. The second-order valence-electron chi connectivity index (χ2n) is 9.40. The summed E-state index contributed by atoms with van der Waals surface area (Å²) in [5, 5.41) is 14.9. The molecule has 3 aromatic rings. The molecule has 11 heteroatoms. The Morgan fingerprint density at radius 2 is 1.46 bits per heavy atom. The van der Waals surface area contributed by atoms with E-state index in [1.807, 2.05) is 44.2 Å². The van der Waals surface area contributed by atoms with Crippen LogP contribution in [0.3, 0.4) is 0 Å². The number of phosphoric acid groups is 1. The van der Waals surface area contributed by atoms with Gasteiger partial charge in [0.05, 0.1) is 0 Å². The van der Waals surface area contributed by atoms with Gasteiger partial charge in [0, 0.05) is 12.0 Å². The molecule has 2 atom stereocenters. The van der Waals surface area contributed by atoms with E-state index < -0.39 is 37.7 Å². The summed E-state index contributed by atoms with van der Waals surface area (Å²) in [6.45, 7) is 3.67. The van der Waals surface area contributed by atoms with Crippen LogP contribution in [0.1, 0.15) is 36.2 Å². The lowest BCUT2D eigenvalue weighted by Crippen LogP contribution is -2.52. The van der Waals surface area contributed by atoms with Crippen LogP contribution in [-0.4, -0.2) is 44.8 Å². The Morgan fingerprint density at radius 1 is 0.846 bits per heavy atom. The zero-order chi connectivity index (χ0) is 28.6. The summed E-state index contributed by atoms with van der Waals surface area (Å²) in [7, 11) is -4.74. The molecule has 10 nitrogen and oxygen atoms in total. The van der Waals surface area contributed by atoms with Gasteiger partial charge in [-0.05, 0) is 47.2 Å². The molecule has 0 aromatic heterocycles. The molecule has 0 aliphatic rings. The van der Waals surface area contributed by atoms with E-state index in [9.17, 15) is 24.1 Å². The average molecular weight is 555 g/mol. The van der Waals surface area contributed by atoms with Gasteiger partial charge in [0.1, 0.15) is 17.8 Å². The molecule has 0 fully saturated rings. The van der Waals surface area contributed by atoms with Crippen molar-refractivity contribution in [3.63, 3.8) is 0 Å². The number of carboxylic acids is 1. The largest absolute Gasteiger partial charge is 0.524 e. The van der Waals surface area contributed by atoms with Gasteiger partial charge in [0.15, 0.2) is 0 Å². The molecule has 3 aromatic carbocycles. The second kappa shape index (κ2) is 13.2. The van der Waals surface area contributed by atoms with E-state index in [4.69, 9.17) is 9.79 Å². The molecular formula is C28H31N2O8P. The predicted octanol–water partition coefficient (Wildman–Crippen LogP) is 3.78. The molecule has 39 heavy (non-hydrogen) atoms. The lowest BCUT2D eigenvalue weighted by Gasteiger charge is -2.23. The Hall–Kier alpha value is -3.98. The Kier molecular flexibility index (Phi) is 10.0. The zero-order valence-corrected chi connectivity index (χ0v) is 22.4. The maximum Gasteiger partial charge on any atom is 0.524 e. The molecule has 2 unspecified atom stereocenters. The lowest BCUT2D eigenvalue weighted by molar-refractivity contribution is -0.142. The Labute approximate surface area is 226 Å². The van der Waals surface area contributed by atoms with Crippen LogP contribution in [-0.2, 0) is 20.6 Å². The van der Waals surface area contributed by atoms with Crippen LogP contribution in [0.25, 0.3) is 11.1 Å². The summed E-state index contributed by atoms with van der Waals surface area (Å²) in [6, 6.07) is 19.6. The molecule has 0 aliphatic carbocycles. The predicted molar refractivity (Wildman–Crippen MR) is 145 cm³/mol. The van der Waals surface area contributed by atoms with Crippen molar-refractivity contribution in [1.29, 1.82) is 0 Å². The fourth-order valence-corrected chi connectivity index (χ4v) is 4.42. The number of carbonyl (C=O) groups excluding carboxylic acids is 2. The van der Waals surface area contributed by atoms with Crippen molar-refractivity contribution in [1.82, 2.24) is 10.6 Å². The van der Waals surface area contributed by atoms with Crippen molar-refractivity contribution in [2.75, 3.05) is 0 Å². The van der Waals surface area contributed by atoms with E-state index >= 15 is 0 Å². The monoisotopic (exact) mass is 554 g/mol. The van der Waals surface area contributed by atoms with Crippen molar-refractivity contribution >= 4 is 25.6 Å². The minimum absolute atomic E-state index is 0.00115. The average Bonchev–Trinajstić information content (AvgIpc) is 2.88. The molecule has 206 valence electrons. The number of amides is 2. The highest BCUT2D eigenvalue weighted by molar-refractivity contribution is 7.46. The van der Waals surface area contributed by atoms with Gasteiger partial charge in [-0.1, -0.05) is 74.5 Å². The molecule has 5 N–H and O–H groups in total. The van der Waals surface area contributed by atoms with Gasteiger partial charge in [-0.15, -0.1) is 0 Å². The minimum Gasteiger partial charge on any atom is -0.480 e. The van der Waals surface area contributed by atoms with Crippen molar-refractivity contribution in [2.45, 2.75) is 38.8 Å². The number of hydrogen-bond acceptors (Lipinski definition) is 5. The van der Waals surface area contributed by atoms with E-state index in [2.05, 4.69) is 15.2 Å². The Morgan fingerprint density at radius 3 is 2.05 bits per heavy atom. The third-order valence-corrected chi connectivity index (χ3v) is 6.24. The van der Waals surface area contributed by atoms with E-state index in [0.717, 1.165) is 5.56 Å². The van der Waals surface area contributed by atoms with Crippen LogP contribution in [0.15, 0.2) is 78.9 Å². The summed E-state index contributed by atoms with van der Waals surface area (Å²) < 4.78 is 15.7. The molecule has 0 saturated heterocycles. The maximum absolute atomic E-state index is 13.4. The Balaban J connectivity index is 1.89. The highest BCUT2D eigenvalue weighted by Gasteiger charge is 2.28. The van der Waals surface area contributed by atoms with Crippen LogP contribution in [0.4, 0.5) is 0 Å². The number of carboxylic acid groups (broad SMARTS) is 1. The molecule has 0 radical (unpaired) electrons. The molecule has 0 spiro atoms. The number of benzene rings is 3. The van der Waals surface area contributed by atoms with Gasteiger partial charge in [-0.3, -0.25) is 19.4 Å². The van der Waals surface area contributed by atoms with Crippen LogP contribution in [0.5, 0.6) is 5.75 Å². The standard InChI is InChI=1S/C28H31N2O8P/c1-18(2)16-25(28(33)34)30-27(32)24(17-19-12-14-21(15-13-19)38-39(35,36)37)29-26(31)23-11-7-6-10-22(23)20-8-4-3-5-9-20/h3-15,18,24-25H,16-17H2,1-2H3,(H,29,31)(H,30,32)(H,33,34)(H2,35,36,37). The molecule has 0 bridgehead atoms. The van der Waals surface area contributed by atoms with E-state index in [1.54, 1.807) is 24.3 Å². The number of aliphatic carboxylic acids is 1. The smallest absolute Gasteiger partial charge is 0.480 e. The maximum atomic E-state index is 13.4.